The van der Waals surface area contributed by atoms with Gasteiger partial charge >= 0.3 is 5.97 Å². The van der Waals surface area contributed by atoms with Crippen LogP contribution in [0.4, 0.5) is 5.82 Å². The molecule has 0 saturated heterocycles. The van der Waals surface area contributed by atoms with E-state index in [1.54, 1.807) is 24.3 Å². The summed E-state index contributed by atoms with van der Waals surface area (Å²) in [5.74, 6) is -0.774. The summed E-state index contributed by atoms with van der Waals surface area (Å²) in [6.45, 7) is -0.209. The summed E-state index contributed by atoms with van der Waals surface area (Å²) in [5, 5.41) is 2.97. The largest absolute Gasteiger partial charge is 0.488 e. The van der Waals surface area contributed by atoms with Crippen LogP contribution >= 0.6 is 23.2 Å². The Morgan fingerprint density at radius 2 is 1.72 bits per heavy atom. The maximum absolute atomic E-state index is 12.4. The van der Waals surface area contributed by atoms with Crippen molar-refractivity contribution in [2.24, 2.45) is 0 Å². The van der Waals surface area contributed by atoms with Crippen LogP contribution in [0, 0.1) is 0 Å². The maximum atomic E-state index is 12.4. The van der Waals surface area contributed by atoms with Gasteiger partial charge in [0.15, 0.2) is 12.4 Å². The predicted octanol–water partition coefficient (Wildman–Crippen LogP) is 4.76. The van der Waals surface area contributed by atoms with Crippen molar-refractivity contribution in [2.75, 3.05) is 11.9 Å². The highest BCUT2D eigenvalue weighted by atomic mass is 35.5. The number of aromatic nitrogens is 1. The van der Waals surface area contributed by atoms with E-state index >= 15 is 0 Å². The number of amides is 1. The highest BCUT2D eigenvalue weighted by Gasteiger charge is 2.16. The highest BCUT2D eigenvalue weighted by Crippen LogP contribution is 2.23. The lowest BCUT2D eigenvalue weighted by atomic mass is 10.2. The standard InChI is InChI=1S/C21H16Cl2N2O4/c22-15-10-17(23)20(24-11-15)25-19(26)13-29-21(27)16-8-4-5-9-18(16)28-12-14-6-2-1-3-7-14/h1-11H,12-13H2,(H,24,25,26). The van der Waals surface area contributed by atoms with Crippen molar-refractivity contribution in [2.45, 2.75) is 6.61 Å². The van der Waals surface area contributed by atoms with E-state index in [0.717, 1.165) is 5.56 Å². The first kappa shape index (κ1) is 20.6. The van der Waals surface area contributed by atoms with Gasteiger partial charge in [-0.05, 0) is 23.8 Å². The lowest BCUT2D eigenvalue weighted by Crippen LogP contribution is -2.22. The molecule has 29 heavy (non-hydrogen) atoms. The molecular formula is C21H16Cl2N2O4. The van der Waals surface area contributed by atoms with Gasteiger partial charge in [-0.1, -0.05) is 65.7 Å². The Balaban J connectivity index is 1.58. The van der Waals surface area contributed by atoms with Crippen molar-refractivity contribution in [3.63, 3.8) is 0 Å². The minimum atomic E-state index is -0.682. The molecule has 0 saturated carbocycles. The lowest BCUT2D eigenvalue weighted by Gasteiger charge is -2.11. The molecule has 0 spiro atoms. The number of carbonyl (C=O) groups excluding carboxylic acids is 2. The summed E-state index contributed by atoms with van der Waals surface area (Å²) in [4.78, 5) is 28.3. The number of halogens is 2. The van der Waals surface area contributed by atoms with Gasteiger partial charge in [-0.3, -0.25) is 4.79 Å². The lowest BCUT2D eigenvalue weighted by molar-refractivity contribution is -0.119. The number of hydrogen-bond acceptors (Lipinski definition) is 5. The van der Waals surface area contributed by atoms with Crippen LogP contribution in [-0.4, -0.2) is 23.5 Å². The molecule has 8 heteroatoms. The topological polar surface area (TPSA) is 77.5 Å². The fourth-order valence-corrected chi connectivity index (χ4v) is 2.81. The molecule has 2 aromatic carbocycles. The zero-order chi connectivity index (χ0) is 20.6. The molecule has 0 aliphatic rings. The average Bonchev–Trinajstić information content (AvgIpc) is 2.73. The molecule has 0 unspecified atom stereocenters. The molecule has 3 rings (SSSR count). The normalized spacial score (nSPS) is 10.3. The molecule has 148 valence electrons. The molecule has 3 aromatic rings. The van der Waals surface area contributed by atoms with Gasteiger partial charge in [0.2, 0.25) is 0 Å². The number of pyridine rings is 1. The summed E-state index contributed by atoms with van der Waals surface area (Å²) in [7, 11) is 0. The number of nitrogens with one attached hydrogen (secondary N) is 1. The van der Waals surface area contributed by atoms with Gasteiger partial charge < -0.3 is 14.8 Å². The number of benzene rings is 2. The second-order valence-corrected chi connectivity index (χ2v) is 6.72. The van der Waals surface area contributed by atoms with Gasteiger partial charge in [0.25, 0.3) is 5.91 Å². The Morgan fingerprint density at radius 3 is 2.48 bits per heavy atom. The molecule has 0 aliphatic heterocycles. The Labute approximate surface area is 177 Å². The van der Waals surface area contributed by atoms with Crippen LogP contribution in [0.3, 0.4) is 0 Å². The van der Waals surface area contributed by atoms with Gasteiger partial charge in [-0.25, -0.2) is 9.78 Å². The van der Waals surface area contributed by atoms with E-state index in [9.17, 15) is 9.59 Å². The van der Waals surface area contributed by atoms with Crippen molar-refractivity contribution >= 4 is 40.9 Å². The number of ether oxygens (including phenoxy) is 2. The summed E-state index contributed by atoms with van der Waals surface area (Å²) in [6, 6.07) is 17.7. The molecule has 0 radical (unpaired) electrons. The van der Waals surface area contributed by atoms with Crippen molar-refractivity contribution in [1.29, 1.82) is 0 Å². The SMILES string of the molecule is O=C(COC(=O)c1ccccc1OCc1ccccc1)Nc1ncc(Cl)cc1Cl. The fraction of sp³-hybridized carbons (Fsp3) is 0.0952. The van der Waals surface area contributed by atoms with E-state index < -0.39 is 18.5 Å². The summed E-state index contributed by atoms with van der Waals surface area (Å²) >= 11 is 11.7. The van der Waals surface area contributed by atoms with Crippen molar-refractivity contribution in [3.05, 3.63) is 88.0 Å². The third-order valence-electron chi connectivity index (χ3n) is 3.74. The van der Waals surface area contributed by atoms with Crippen LogP contribution in [0.15, 0.2) is 66.9 Å². The first-order valence-electron chi connectivity index (χ1n) is 8.56. The molecule has 0 fully saturated rings. The molecule has 1 aromatic heterocycles. The van der Waals surface area contributed by atoms with Gasteiger partial charge in [0.1, 0.15) is 17.9 Å². The van der Waals surface area contributed by atoms with Gasteiger partial charge in [-0.2, -0.15) is 0 Å². The molecule has 0 aliphatic carbocycles. The first-order chi connectivity index (χ1) is 14.0. The summed E-state index contributed by atoms with van der Waals surface area (Å²) < 4.78 is 10.8. The third-order valence-corrected chi connectivity index (χ3v) is 4.24. The van der Waals surface area contributed by atoms with Gasteiger partial charge in [0, 0.05) is 6.20 Å². The van der Waals surface area contributed by atoms with E-state index in [4.69, 9.17) is 32.7 Å². The molecule has 0 atom stereocenters. The minimum Gasteiger partial charge on any atom is -0.488 e. The van der Waals surface area contributed by atoms with Crippen LogP contribution < -0.4 is 10.1 Å². The number of nitrogens with zero attached hydrogens (tertiary/aromatic N) is 1. The Kier molecular flexibility index (Phi) is 7.05. The number of carbonyl (C=O) groups is 2. The molecule has 1 amide bonds. The van der Waals surface area contributed by atoms with E-state index in [1.807, 2.05) is 30.3 Å². The zero-order valence-electron chi connectivity index (χ0n) is 15.1. The Bertz CT molecular complexity index is 1010. The molecular weight excluding hydrogens is 415 g/mol. The predicted molar refractivity (Wildman–Crippen MR) is 110 cm³/mol. The number of esters is 1. The molecule has 1 N–H and O–H groups in total. The second-order valence-electron chi connectivity index (χ2n) is 5.88. The number of hydrogen-bond donors (Lipinski definition) is 1. The molecule has 1 heterocycles. The van der Waals surface area contributed by atoms with Gasteiger partial charge in [-0.15, -0.1) is 0 Å². The van der Waals surface area contributed by atoms with Crippen molar-refractivity contribution in [3.8, 4) is 5.75 Å². The molecule has 6 nitrogen and oxygen atoms in total. The van der Waals surface area contributed by atoms with Crippen molar-refractivity contribution in [1.82, 2.24) is 4.98 Å². The first-order valence-corrected chi connectivity index (χ1v) is 9.32. The average molecular weight is 431 g/mol. The van der Waals surface area contributed by atoms with Crippen LogP contribution in [0.1, 0.15) is 15.9 Å². The third kappa shape index (κ3) is 5.94. The van der Waals surface area contributed by atoms with Crippen LogP contribution in [0.5, 0.6) is 5.75 Å². The van der Waals surface area contributed by atoms with Crippen LogP contribution in [0.2, 0.25) is 10.0 Å². The fourth-order valence-electron chi connectivity index (χ4n) is 2.38. The Hall–Kier alpha value is -3.09. The highest BCUT2D eigenvalue weighted by molar-refractivity contribution is 6.36. The quantitative estimate of drug-likeness (QED) is 0.546. The summed E-state index contributed by atoms with van der Waals surface area (Å²) in [5.41, 5.74) is 1.18. The summed E-state index contributed by atoms with van der Waals surface area (Å²) in [6.07, 6.45) is 1.34. The smallest absolute Gasteiger partial charge is 0.342 e. The van der Waals surface area contributed by atoms with Crippen molar-refractivity contribution < 1.29 is 19.1 Å². The second kappa shape index (κ2) is 9.91. The van der Waals surface area contributed by atoms with E-state index in [2.05, 4.69) is 10.3 Å². The number of para-hydroxylation sites is 1. The number of rotatable bonds is 7. The Morgan fingerprint density at radius 1 is 1.00 bits per heavy atom. The monoisotopic (exact) mass is 430 g/mol. The van der Waals surface area contributed by atoms with E-state index in [0.29, 0.717) is 17.4 Å². The van der Waals surface area contributed by atoms with Gasteiger partial charge in [0.05, 0.1) is 10.0 Å². The van der Waals surface area contributed by atoms with E-state index in [1.165, 1.54) is 12.3 Å². The number of anilines is 1. The minimum absolute atomic E-state index is 0.128. The molecule has 0 bridgehead atoms. The zero-order valence-corrected chi connectivity index (χ0v) is 16.6. The maximum Gasteiger partial charge on any atom is 0.342 e. The van der Waals surface area contributed by atoms with E-state index in [-0.39, 0.29) is 16.4 Å². The van der Waals surface area contributed by atoms with Crippen LogP contribution in [0.25, 0.3) is 0 Å². The van der Waals surface area contributed by atoms with Crippen LogP contribution in [-0.2, 0) is 16.1 Å².